The zero-order valence-electron chi connectivity index (χ0n) is 12.5. The van der Waals surface area contributed by atoms with E-state index in [2.05, 4.69) is 10.3 Å². The molecule has 6 nitrogen and oxygen atoms in total. The summed E-state index contributed by atoms with van der Waals surface area (Å²) in [7, 11) is 0. The predicted molar refractivity (Wildman–Crippen MR) is 73.6 cm³/mol. The Hall–Kier alpha value is -1.43. The van der Waals surface area contributed by atoms with Gasteiger partial charge in [-0.1, -0.05) is 19.1 Å². The van der Waals surface area contributed by atoms with Gasteiger partial charge in [-0.05, 0) is 31.6 Å². The molecule has 1 fully saturated rings. The zero-order valence-corrected chi connectivity index (χ0v) is 12.5. The van der Waals surface area contributed by atoms with E-state index >= 15 is 0 Å². The van der Waals surface area contributed by atoms with Gasteiger partial charge in [-0.3, -0.25) is 0 Å². The van der Waals surface area contributed by atoms with Crippen LogP contribution in [0.5, 0.6) is 0 Å². The average molecular weight is 281 g/mol. The average Bonchev–Trinajstić information content (AvgIpc) is 2.84. The number of carbonyl (C=O) groups excluding carboxylic acids is 1. The number of carbonyl (C=O) groups is 1. The molecule has 2 rings (SSSR count). The van der Waals surface area contributed by atoms with Crippen LogP contribution in [0.1, 0.15) is 55.7 Å². The van der Waals surface area contributed by atoms with E-state index in [1.807, 2.05) is 18.5 Å². The Morgan fingerprint density at radius 3 is 2.75 bits per heavy atom. The Kier molecular flexibility index (Phi) is 5.11. The number of esters is 1. The Morgan fingerprint density at radius 1 is 1.45 bits per heavy atom. The SMILES string of the molecule is CCOC(=O)c1nnn(CC2CCOCC2)c1C(C)C. The highest BCUT2D eigenvalue weighted by Gasteiger charge is 2.25. The van der Waals surface area contributed by atoms with Gasteiger partial charge in [-0.2, -0.15) is 0 Å². The molecule has 0 bridgehead atoms. The van der Waals surface area contributed by atoms with Gasteiger partial charge in [0.25, 0.3) is 0 Å². The third kappa shape index (κ3) is 3.36. The number of rotatable bonds is 5. The molecular formula is C14H23N3O3. The van der Waals surface area contributed by atoms with Crippen LogP contribution in [0.2, 0.25) is 0 Å². The van der Waals surface area contributed by atoms with Gasteiger partial charge in [0.15, 0.2) is 5.69 Å². The largest absolute Gasteiger partial charge is 0.461 e. The molecule has 1 aromatic heterocycles. The third-order valence-electron chi connectivity index (χ3n) is 3.56. The van der Waals surface area contributed by atoms with E-state index in [1.54, 1.807) is 6.92 Å². The number of aromatic nitrogens is 3. The standard InChI is InChI=1S/C14H23N3O3/c1-4-20-14(18)12-13(10(2)3)17(16-15-12)9-11-5-7-19-8-6-11/h10-11H,4-9H2,1-3H3. The molecule has 0 amide bonds. The minimum Gasteiger partial charge on any atom is -0.461 e. The van der Waals surface area contributed by atoms with E-state index in [0.29, 0.717) is 18.2 Å². The lowest BCUT2D eigenvalue weighted by atomic mass is 10.00. The molecule has 1 aliphatic rings. The van der Waals surface area contributed by atoms with E-state index in [9.17, 15) is 4.79 Å². The van der Waals surface area contributed by atoms with Crippen molar-refractivity contribution in [3.63, 3.8) is 0 Å². The highest BCUT2D eigenvalue weighted by molar-refractivity contribution is 5.88. The molecule has 20 heavy (non-hydrogen) atoms. The topological polar surface area (TPSA) is 66.2 Å². The first kappa shape index (κ1) is 15.0. The van der Waals surface area contributed by atoms with Crippen molar-refractivity contribution < 1.29 is 14.3 Å². The summed E-state index contributed by atoms with van der Waals surface area (Å²) in [6.45, 7) is 8.64. The Balaban J connectivity index is 2.17. The summed E-state index contributed by atoms with van der Waals surface area (Å²) in [5, 5.41) is 8.19. The normalized spacial score (nSPS) is 16.6. The van der Waals surface area contributed by atoms with Crippen molar-refractivity contribution in [2.24, 2.45) is 5.92 Å². The first-order chi connectivity index (χ1) is 9.63. The van der Waals surface area contributed by atoms with E-state index in [4.69, 9.17) is 9.47 Å². The molecular weight excluding hydrogens is 258 g/mol. The summed E-state index contributed by atoms with van der Waals surface area (Å²) in [6.07, 6.45) is 2.07. The van der Waals surface area contributed by atoms with Crippen LogP contribution < -0.4 is 0 Å². The lowest BCUT2D eigenvalue weighted by molar-refractivity contribution is 0.0516. The predicted octanol–water partition coefficient (Wildman–Crippen LogP) is 2.00. The lowest BCUT2D eigenvalue weighted by Crippen LogP contribution is -2.22. The van der Waals surface area contributed by atoms with Gasteiger partial charge in [-0.15, -0.1) is 5.10 Å². The summed E-state index contributed by atoms with van der Waals surface area (Å²) in [5.74, 6) is 0.344. The second-order valence-electron chi connectivity index (χ2n) is 5.44. The minimum atomic E-state index is -0.380. The summed E-state index contributed by atoms with van der Waals surface area (Å²) in [4.78, 5) is 11.9. The molecule has 0 saturated carbocycles. The maximum absolute atomic E-state index is 11.9. The van der Waals surface area contributed by atoms with Crippen LogP contribution in [-0.2, 0) is 16.0 Å². The van der Waals surface area contributed by atoms with Crippen LogP contribution in [0.3, 0.4) is 0 Å². The molecule has 6 heteroatoms. The van der Waals surface area contributed by atoms with Gasteiger partial charge in [0.2, 0.25) is 0 Å². The molecule has 112 valence electrons. The summed E-state index contributed by atoms with van der Waals surface area (Å²) < 4.78 is 12.3. The molecule has 0 aromatic carbocycles. The van der Waals surface area contributed by atoms with Crippen molar-refractivity contribution in [3.8, 4) is 0 Å². The maximum atomic E-state index is 11.9. The van der Waals surface area contributed by atoms with Crippen LogP contribution in [0.25, 0.3) is 0 Å². The number of ether oxygens (including phenoxy) is 2. The van der Waals surface area contributed by atoms with Gasteiger partial charge in [0.1, 0.15) is 0 Å². The van der Waals surface area contributed by atoms with Gasteiger partial charge in [0.05, 0.1) is 12.3 Å². The lowest BCUT2D eigenvalue weighted by Gasteiger charge is -2.22. The molecule has 0 spiro atoms. The summed E-state index contributed by atoms with van der Waals surface area (Å²) in [6, 6.07) is 0. The monoisotopic (exact) mass is 281 g/mol. The van der Waals surface area contributed by atoms with Crippen LogP contribution >= 0.6 is 0 Å². The van der Waals surface area contributed by atoms with Crippen LogP contribution in [-0.4, -0.2) is 40.8 Å². The number of nitrogens with zero attached hydrogens (tertiary/aromatic N) is 3. The quantitative estimate of drug-likeness (QED) is 0.772. The van der Waals surface area contributed by atoms with Gasteiger partial charge >= 0.3 is 5.97 Å². The first-order valence-corrected chi connectivity index (χ1v) is 7.31. The van der Waals surface area contributed by atoms with E-state index in [1.165, 1.54) is 0 Å². The van der Waals surface area contributed by atoms with Gasteiger partial charge in [-0.25, -0.2) is 9.48 Å². The van der Waals surface area contributed by atoms with Gasteiger partial charge < -0.3 is 9.47 Å². The highest BCUT2D eigenvalue weighted by Crippen LogP contribution is 2.22. The Labute approximate surface area is 119 Å². The third-order valence-corrected chi connectivity index (χ3v) is 3.56. The van der Waals surface area contributed by atoms with Crippen LogP contribution in [0.15, 0.2) is 0 Å². The van der Waals surface area contributed by atoms with Crippen molar-refractivity contribution in [2.45, 2.75) is 46.1 Å². The fourth-order valence-electron chi connectivity index (χ4n) is 2.55. The van der Waals surface area contributed by atoms with Crippen LogP contribution in [0, 0.1) is 5.92 Å². The maximum Gasteiger partial charge on any atom is 0.360 e. The van der Waals surface area contributed by atoms with Crippen molar-refractivity contribution >= 4 is 5.97 Å². The Bertz CT molecular complexity index is 451. The smallest absolute Gasteiger partial charge is 0.360 e. The van der Waals surface area contributed by atoms with Crippen LogP contribution in [0.4, 0.5) is 0 Å². The molecule has 1 saturated heterocycles. The van der Waals surface area contributed by atoms with E-state index in [0.717, 1.165) is 38.3 Å². The molecule has 1 aromatic rings. The molecule has 0 aliphatic carbocycles. The second-order valence-corrected chi connectivity index (χ2v) is 5.44. The summed E-state index contributed by atoms with van der Waals surface area (Å²) >= 11 is 0. The molecule has 2 heterocycles. The molecule has 0 N–H and O–H groups in total. The molecule has 0 radical (unpaired) electrons. The minimum absolute atomic E-state index is 0.184. The molecule has 0 atom stereocenters. The molecule has 0 unspecified atom stereocenters. The van der Waals surface area contributed by atoms with E-state index in [-0.39, 0.29) is 11.9 Å². The second kappa shape index (κ2) is 6.83. The first-order valence-electron chi connectivity index (χ1n) is 7.31. The van der Waals surface area contributed by atoms with Crippen molar-refractivity contribution in [1.29, 1.82) is 0 Å². The Morgan fingerprint density at radius 2 is 2.15 bits per heavy atom. The zero-order chi connectivity index (χ0) is 14.5. The number of hydrogen-bond donors (Lipinski definition) is 0. The fraction of sp³-hybridized carbons (Fsp3) is 0.786. The summed E-state index contributed by atoms with van der Waals surface area (Å²) in [5.41, 5.74) is 1.23. The van der Waals surface area contributed by atoms with Crippen molar-refractivity contribution in [1.82, 2.24) is 15.0 Å². The highest BCUT2D eigenvalue weighted by atomic mass is 16.5. The van der Waals surface area contributed by atoms with Crippen molar-refractivity contribution in [3.05, 3.63) is 11.4 Å². The van der Waals surface area contributed by atoms with Crippen molar-refractivity contribution in [2.75, 3.05) is 19.8 Å². The molecule has 1 aliphatic heterocycles. The van der Waals surface area contributed by atoms with Gasteiger partial charge in [0, 0.05) is 19.8 Å². The fourth-order valence-corrected chi connectivity index (χ4v) is 2.55. The number of hydrogen-bond acceptors (Lipinski definition) is 5. The van der Waals surface area contributed by atoms with E-state index < -0.39 is 0 Å².